The van der Waals surface area contributed by atoms with E-state index in [9.17, 15) is 4.39 Å². The highest BCUT2D eigenvalue weighted by molar-refractivity contribution is 5.10. The van der Waals surface area contributed by atoms with E-state index in [1.165, 1.54) is 12.6 Å². The lowest BCUT2D eigenvalue weighted by Crippen LogP contribution is -2.58. The van der Waals surface area contributed by atoms with Gasteiger partial charge >= 0.3 is 0 Å². The number of piperazine rings is 1. The van der Waals surface area contributed by atoms with Gasteiger partial charge < -0.3 is 5.32 Å². The molecule has 1 saturated heterocycles. The maximum absolute atomic E-state index is 13.3. The molecule has 4 heteroatoms. The number of hydrogen-bond acceptors (Lipinski definition) is 3. The van der Waals surface area contributed by atoms with Crippen LogP contribution in [0.2, 0.25) is 0 Å². The topological polar surface area (TPSA) is 28.2 Å². The first-order chi connectivity index (χ1) is 9.95. The monoisotopic (exact) mass is 293 g/mol. The second-order valence-corrected chi connectivity index (χ2v) is 6.99. The molecule has 118 valence electrons. The van der Waals surface area contributed by atoms with Gasteiger partial charge in [0.15, 0.2) is 0 Å². The van der Waals surface area contributed by atoms with E-state index in [0.29, 0.717) is 23.9 Å². The van der Waals surface area contributed by atoms with E-state index in [1.54, 1.807) is 12.3 Å². The van der Waals surface area contributed by atoms with Gasteiger partial charge in [-0.3, -0.25) is 9.88 Å². The van der Waals surface area contributed by atoms with Gasteiger partial charge in [0.05, 0.1) is 6.20 Å². The molecular weight excluding hydrogens is 265 g/mol. The highest BCUT2D eigenvalue weighted by atomic mass is 19.1. The molecule has 0 amide bonds. The zero-order chi connectivity index (χ0) is 15.4. The first kappa shape index (κ1) is 16.4. The number of hydrogen-bond donors (Lipinski definition) is 1. The summed E-state index contributed by atoms with van der Waals surface area (Å²) in [6, 6.07) is 2.63. The molecule has 2 unspecified atom stereocenters. The third kappa shape index (κ3) is 4.75. The molecule has 3 nitrogen and oxygen atoms in total. The highest BCUT2D eigenvalue weighted by Gasteiger charge is 2.30. The number of nitrogens with zero attached hydrogens (tertiary/aromatic N) is 2. The van der Waals surface area contributed by atoms with Gasteiger partial charge in [0.2, 0.25) is 0 Å². The van der Waals surface area contributed by atoms with Gasteiger partial charge in [-0.25, -0.2) is 4.39 Å². The fraction of sp³-hybridized carbons (Fsp3) is 0.706. The van der Waals surface area contributed by atoms with Crippen LogP contribution >= 0.6 is 0 Å². The van der Waals surface area contributed by atoms with Crippen LogP contribution in [0.1, 0.15) is 39.7 Å². The number of halogens is 1. The summed E-state index contributed by atoms with van der Waals surface area (Å²) in [5.41, 5.74) is 0.964. The highest BCUT2D eigenvalue weighted by Crippen LogP contribution is 2.20. The van der Waals surface area contributed by atoms with Crippen molar-refractivity contribution in [3.8, 4) is 0 Å². The largest absolute Gasteiger partial charge is 0.311 e. The Morgan fingerprint density at radius 1 is 1.33 bits per heavy atom. The van der Waals surface area contributed by atoms with Crippen molar-refractivity contribution in [2.45, 2.75) is 52.7 Å². The summed E-state index contributed by atoms with van der Waals surface area (Å²) in [5, 5.41) is 3.68. The van der Waals surface area contributed by atoms with E-state index in [0.717, 1.165) is 25.2 Å². The second kappa shape index (κ2) is 7.32. The SMILES string of the molecule is CC(C)CC1CN(Cc2cncc(F)c2)C(C(C)C)CN1. The third-order valence-electron chi connectivity index (χ3n) is 4.21. The van der Waals surface area contributed by atoms with Crippen molar-refractivity contribution in [2.24, 2.45) is 11.8 Å². The second-order valence-electron chi connectivity index (χ2n) is 6.99. The molecule has 0 saturated carbocycles. The molecule has 1 fully saturated rings. The van der Waals surface area contributed by atoms with Crippen LogP contribution in [0.3, 0.4) is 0 Å². The average Bonchev–Trinajstić information content (AvgIpc) is 2.37. The van der Waals surface area contributed by atoms with Crippen LogP contribution in [0.4, 0.5) is 4.39 Å². The lowest BCUT2D eigenvalue weighted by molar-refractivity contribution is 0.0850. The molecule has 1 aliphatic rings. The Morgan fingerprint density at radius 2 is 2.10 bits per heavy atom. The summed E-state index contributed by atoms with van der Waals surface area (Å²) >= 11 is 0. The van der Waals surface area contributed by atoms with E-state index in [4.69, 9.17) is 0 Å². The summed E-state index contributed by atoms with van der Waals surface area (Å²) in [7, 11) is 0. The molecule has 0 aromatic carbocycles. The molecule has 0 radical (unpaired) electrons. The van der Waals surface area contributed by atoms with E-state index in [-0.39, 0.29) is 5.82 Å². The minimum absolute atomic E-state index is 0.248. The van der Waals surface area contributed by atoms with E-state index < -0.39 is 0 Å². The molecule has 0 spiro atoms. The van der Waals surface area contributed by atoms with Crippen molar-refractivity contribution < 1.29 is 4.39 Å². The van der Waals surface area contributed by atoms with E-state index in [2.05, 4.69) is 42.9 Å². The fourth-order valence-electron chi connectivity index (χ4n) is 3.24. The van der Waals surface area contributed by atoms with Crippen LogP contribution in [0, 0.1) is 17.7 Å². The predicted octanol–water partition coefficient (Wildman–Crippen LogP) is 3.07. The summed E-state index contributed by atoms with van der Waals surface area (Å²) in [6.07, 6.45) is 4.23. The molecule has 1 aromatic heterocycles. The molecule has 21 heavy (non-hydrogen) atoms. The molecule has 1 aliphatic heterocycles. The van der Waals surface area contributed by atoms with Gasteiger partial charge in [-0.2, -0.15) is 0 Å². The molecule has 0 bridgehead atoms. The van der Waals surface area contributed by atoms with Crippen LogP contribution in [0.25, 0.3) is 0 Å². The quantitative estimate of drug-likeness (QED) is 0.904. The number of aromatic nitrogens is 1. The molecule has 2 rings (SSSR count). The molecule has 2 atom stereocenters. The lowest BCUT2D eigenvalue weighted by Gasteiger charge is -2.43. The molecule has 2 heterocycles. The Hall–Kier alpha value is -1.00. The zero-order valence-electron chi connectivity index (χ0n) is 13.6. The van der Waals surface area contributed by atoms with Crippen LogP contribution in [-0.4, -0.2) is 35.1 Å². The van der Waals surface area contributed by atoms with Crippen molar-refractivity contribution in [3.63, 3.8) is 0 Å². The number of pyridine rings is 1. The first-order valence-corrected chi connectivity index (χ1v) is 8.02. The Morgan fingerprint density at radius 3 is 2.71 bits per heavy atom. The van der Waals surface area contributed by atoms with Crippen LogP contribution < -0.4 is 5.32 Å². The van der Waals surface area contributed by atoms with Crippen molar-refractivity contribution in [3.05, 3.63) is 29.8 Å². The van der Waals surface area contributed by atoms with Gasteiger partial charge in [-0.1, -0.05) is 27.7 Å². The number of nitrogens with one attached hydrogen (secondary N) is 1. The zero-order valence-corrected chi connectivity index (χ0v) is 13.6. The number of rotatable bonds is 5. The minimum atomic E-state index is -0.248. The van der Waals surface area contributed by atoms with Crippen molar-refractivity contribution in [2.75, 3.05) is 13.1 Å². The van der Waals surface area contributed by atoms with Crippen LogP contribution in [0.15, 0.2) is 18.5 Å². The Kier molecular flexibility index (Phi) is 5.71. The van der Waals surface area contributed by atoms with Gasteiger partial charge in [-0.15, -0.1) is 0 Å². The van der Waals surface area contributed by atoms with Gasteiger partial charge in [0, 0.05) is 37.9 Å². The maximum Gasteiger partial charge on any atom is 0.141 e. The summed E-state index contributed by atoms with van der Waals surface area (Å²) < 4.78 is 13.3. The maximum atomic E-state index is 13.3. The standard InChI is InChI=1S/C17H28FN3/c1-12(2)5-16-11-21(17(9-20-16)13(3)4)10-14-6-15(18)8-19-7-14/h6-8,12-13,16-17,20H,5,9-11H2,1-4H3. The van der Waals surface area contributed by atoms with Crippen molar-refractivity contribution >= 4 is 0 Å². The van der Waals surface area contributed by atoms with Gasteiger partial charge in [0.25, 0.3) is 0 Å². The Bertz CT molecular complexity index is 447. The molecule has 1 aromatic rings. The molecule has 1 N–H and O–H groups in total. The third-order valence-corrected chi connectivity index (χ3v) is 4.21. The Balaban J connectivity index is 2.06. The summed E-state index contributed by atoms with van der Waals surface area (Å²) in [5.74, 6) is 1.03. The van der Waals surface area contributed by atoms with Crippen molar-refractivity contribution in [1.29, 1.82) is 0 Å². The summed E-state index contributed by atoms with van der Waals surface area (Å²) in [4.78, 5) is 6.46. The first-order valence-electron chi connectivity index (χ1n) is 8.02. The Labute approximate surface area is 127 Å². The van der Waals surface area contributed by atoms with Crippen molar-refractivity contribution in [1.82, 2.24) is 15.2 Å². The van der Waals surface area contributed by atoms with Crippen LogP contribution in [-0.2, 0) is 6.54 Å². The molecule has 0 aliphatic carbocycles. The minimum Gasteiger partial charge on any atom is -0.311 e. The molecular formula is C17H28FN3. The smallest absolute Gasteiger partial charge is 0.141 e. The normalized spacial score (nSPS) is 24.0. The van der Waals surface area contributed by atoms with Crippen LogP contribution in [0.5, 0.6) is 0 Å². The van der Waals surface area contributed by atoms with E-state index >= 15 is 0 Å². The fourth-order valence-corrected chi connectivity index (χ4v) is 3.24. The average molecular weight is 293 g/mol. The predicted molar refractivity (Wildman–Crippen MR) is 84.5 cm³/mol. The van der Waals surface area contributed by atoms with Gasteiger partial charge in [-0.05, 0) is 29.9 Å². The summed E-state index contributed by atoms with van der Waals surface area (Å²) in [6.45, 7) is 11.9. The van der Waals surface area contributed by atoms with E-state index in [1.807, 2.05) is 0 Å². The lowest BCUT2D eigenvalue weighted by atomic mass is 9.94. The van der Waals surface area contributed by atoms with Gasteiger partial charge in [0.1, 0.15) is 5.82 Å².